The van der Waals surface area contributed by atoms with Crippen molar-refractivity contribution in [2.75, 3.05) is 18.5 Å². The number of nitrogens with zero attached hydrogens (tertiary/aromatic N) is 3. The van der Waals surface area contributed by atoms with E-state index in [1.165, 1.54) is 22.7 Å². The van der Waals surface area contributed by atoms with Crippen LogP contribution in [0.2, 0.25) is 0 Å². The van der Waals surface area contributed by atoms with E-state index in [-0.39, 0.29) is 41.6 Å². The molecule has 1 fully saturated rings. The van der Waals surface area contributed by atoms with E-state index in [4.69, 9.17) is 4.74 Å². The van der Waals surface area contributed by atoms with Crippen LogP contribution >= 0.6 is 0 Å². The van der Waals surface area contributed by atoms with Gasteiger partial charge in [0.15, 0.2) is 0 Å². The topological polar surface area (TPSA) is 114 Å². The molecule has 154 valence electrons. The summed E-state index contributed by atoms with van der Waals surface area (Å²) in [4.78, 5) is 10.4. The van der Waals surface area contributed by atoms with Crippen LogP contribution in [-0.4, -0.2) is 49.2 Å². The van der Waals surface area contributed by atoms with Crippen molar-refractivity contribution in [2.24, 2.45) is 5.10 Å². The largest absolute Gasteiger partial charge is 0.373 e. The zero-order valence-electron chi connectivity index (χ0n) is 16.1. The van der Waals surface area contributed by atoms with E-state index in [0.29, 0.717) is 0 Å². The van der Waals surface area contributed by atoms with Crippen molar-refractivity contribution in [2.45, 2.75) is 31.0 Å². The first-order chi connectivity index (χ1) is 13.8. The molecule has 0 aliphatic carbocycles. The van der Waals surface area contributed by atoms with E-state index in [0.717, 1.165) is 11.6 Å². The Labute approximate surface area is 169 Å². The number of hydrogen-bond donors (Lipinski definition) is 1. The zero-order chi connectivity index (χ0) is 21.0. The fourth-order valence-electron chi connectivity index (χ4n) is 3.11. The fourth-order valence-corrected chi connectivity index (χ4v) is 4.86. The number of nitro benzene ring substituents is 1. The summed E-state index contributed by atoms with van der Waals surface area (Å²) in [6.07, 6.45) is 0.982. The highest BCUT2D eigenvalue weighted by Gasteiger charge is 2.34. The molecule has 0 spiro atoms. The third kappa shape index (κ3) is 4.97. The number of hydrazone groups is 1. The number of ether oxygens (including phenoxy) is 1. The van der Waals surface area contributed by atoms with Crippen molar-refractivity contribution < 1.29 is 18.1 Å². The van der Waals surface area contributed by atoms with Crippen molar-refractivity contribution >= 4 is 27.6 Å². The van der Waals surface area contributed by atoms with Gasteiger partial charge in [0.1, 0.15) is 4.90 Å². The van der Waals surface area contributed by atoms with Crippen LogP contribution in [-0.2, 0) is 14.8 Å². The van der Waals surface area contributed by atoms with Gasteiger partial charge in [0, 0.05) is 25.2 Å². The SMILES string of the molecule is C[C@@H]1CN(S(=O)(=O)c2cc([N+](=O)[O-])ccc2N/N=C\c2ccccc2)C[C@@H](C)O1. The van der Waals surface area contributed by atoms with Gasteiger partial charge in [0.05, 0.1) is 29.0 Å². The van der Waals surface area contributed by atoms with Crippen LogP contribution in [0.4, 0.5) is 11.4 Å². The molecule has 1 saturated heterocycles. The number of morpholine rings is 1. The fraction of sp³-hybridized carbons (Fsp3) is 0.316. The summed E-state index contributed by atoms with van der Waals surface area (Å²) in [5.41, 5.74) is 3.38. The Bertz CT molecular complexity index is 1000. The Morgan fingerprint density at radius 2 is 1.83 bits per heavy atom. The molecule has 1 N–H and O–H groups in total. The second-order valence-corrected chi connectivity index (χ2v) is 8.70. The molecule has 1 heterocycles. The second-order valence-electron chi connectivity index (χ2n) is 6.80. The summed E-state index contributed by atoms with van der Waals surface area (Å²) in [5, 5.41) is 15.3. The molecule has 2 aromatic carbocycles. The Balaban J connectivity index is 1.95. The van der Waals surface area contributed by atoms with E-state index in [1.54, 1.807) is 13.8 Å². The number of anilines is 1. The van der Waals surface area contributed by atoms with Gasteiger partial charge in [-0.2, -0.15) is 9.41 Å². The predicted octanol–water partition coefficient (Wildman–Crippen LogP) is 2.84. The highest BCUT2D eigenvalue weighted by atomic mass is 32.2. The van der Waals surface area contributed by atoms with Gasteiger partial charge in [-0.25, -0.2) is 8.42 Å². The zero-order valence-corrected chi connectivity index (χ0v) is 16.9. The monoisotopic (exact) mass is 418 g/mol. The smallest absolute Gasteiger partial charge is 0.270 e. The predicted molar refractivity (Wildman–Crippen MR) is 110 cm³/mol. The minimum Gasteiger partial charge on any atom is -0.373 e. The number of hydrogen-bond acceptors (Lipinski definition) is 7. The average molecular weight is 418 g/mol. The molecular weight excluding hydrogens is 396 g/mol. The van der Waals surface area contributed by atoms with Crippen LogP contribution in [0.3, 0.4) is 0 Å². The lowest BCUT2D eigenvalue weighted by Gasteiger charge is -2.34. The number of nitrogens with one attached hydrogen (secondary N) is 1. The summed E-state index contributed by atoms with van der Waals surface area (Å²) in [5.74, 6) is 0. The average Bonchev–Trinajstić information content (AvgIpc) is 2.68. The van der Waals surface area contributed by atoms with Crippen molar-refractivity contribution in [3.8, 4) is 0 Å². The van der Waals surface area contributed by atoms with Crippen LogP contribution in [0.5, 0.6) is 0 Å². The molecule has 3 rings (SSSR count). The number of benzene rings is 2. The van der Waals surface area contributed by atoms with Gasteiger partial charge in [-0.05, 0) is 25.5 Å². The third-order valence-corrected chi connectivity index (χ3v) is 6.25. The molecule has 10 heteroatoms. The molecule has 0 bridgehead atoms. The molecule has 1 aliphatic rings. The highest BCUT2D eigenvalue weighted by molar-refractivity contribution is 7.89. The molecule has 29 heavy (non-hydrogen) atoms. The van der Waals surface area contributed by atoms with E-state index >= 15 is 0 Å². The molecule has 0 unspecified atom stereocenters. The lowest BCUT2D eigenvalue weighted by molar-refractivity contribution is -0.385. The van der Waals surface area contributed by atoms with Crippen LogP contribution in [0.25, 0.3) is 0 Å². The summed E-state index contributed by atoms with van der Waals surface area (Å²) in [6.45, 7) is 3.91. The summed E-state index contributed by atoms with van der Waals surface area (Å²) >= 11 is 0. The van der Waals surface area contributed by atoms with Gasteiger partial charge in [0.2, 0.25) is 10.0 Å². The van der Waals surface area contributed by atoms with E-state index in [1.807, 2.05) is 30.3 Å². The lowest BCUT2D eigenvalue weighted by Crippen LogP contribution is -2.48. The molecule has 1 aliphatic heterocycles. The molecule has 2 aromatic rings. The Kier molecular flexibility index (Phi) is 6.26. The molecule has 0 aromatic heterocycles. The van der Waals surface area contributed by atoms with Gasteiger partial charge in [-0.1, -0.05) is 30.3 Å². The first-order valence-electron chi connectivity index (χ1n) is 9.05. The van der Waals surface area contributed by atoms with Crippen LogP contribution in [0, 0.1) is 10.1 Å². The number of rotatable bonds is 6. The second kappa shape index (κ2) is 8.68. The lowest BCUT2D eigenvalue weighted by atomic mass is 10.2. The van der Waals surface area contributed by atoms with Crippen molar-refractivity contribution in [3.05, 3.63) is 64.2 Å². The first-order valence-corrected chi connectivity index (χ1v) is 10.5. The van der Waals surface area contributed by atoms with E-state index in [9.17, 15) is 18.5 Å². The Morgan fingerprint density at radius 3 is 2.45 bits per heavy atom. The van der Waals surface area contributed by atoms with Crippen LogP contribution < -0.4 is 5.43 Å². The van der Waals surface area contributed by atoms with Crippen molar-refractivity contribution in [3.63, 3.8) is 0 Å². The molecule has 0 radical (unpaired) electrons. The van der Waals surface area contributed by atoms with Gasteiger partial charge >= 0.3 is 0 Å². The number of sulfonamides is 1. The quantitative estimate of drug-likeness (QED) is 0.438. The Morgan fingerprint density at radius 1 is 1.17 bits per heavy atom. The minimum absolute atomic E-state index is 0.162. The van der Waals surface area contributed by atoms with Gasteiger partial charge < -0.3 is 4.74 Å². The maximum absolute atomic E-state index is 13.3. The molecule has 9 nitrogen and oxygen atoms in total. The standard InChI is InChI=1S/C19H22N4O5S/c1-14-12-22(13-15(2)28-14)29(26,27)19-10-17(23(24)25)8-9-18(19)21-20-11-16-6-4-3-5-7-16/h3-11,14-15,21H,12-13H2,1-2H3/b20-11-/t14-,15-/m1/s1. The van der Waals surface area contributed by atoms with Gasteiger partial charge in [0.25, 0.3) is 5.69 Å². The molecule has 0 saturated carbocycles. The first kappa shape index (κ1) is 20.9. The van der Waals surface area contributed by atoms with Crippen molar-refractivity contribution in [1.82, 2.24) is 4.31 Å². The summed E-state index contributed by atoms with van der Waals surface area (Å²) in [7, 11) is -4.00. The van der Waals surface area contributed by atoms with E-state index < -0.39 is 14.9 Å². The van der Waals surface area contributed by atoms with Crippen LogP contribution in [0.15, 0.2) is 58.5 Å². The highest BCUT2D eigenvalue weighted by Crippen LogP contribution is 2.30. The Hall–Kier alpha value is -2.82. The van der Waals surface area contributed by atoms with Gasteiger partial charge in [-0.3, -0.25) is 15.5 Å². The minimum atomic E-state index is -4.00. The summed E-state index contributed by atoms with van der Waals surface area (Å²) in [6, 6.07) is 12.9. The van der Waals surface area contributed by atoms with E-state index in [2.05, 4.69) is 10.5 Å². The molecular formula is C19H22N4O5S. The third-order valence-electron chi connectivity index (χ3n) is 4.38. The maximum Gasteiger partial charge on any atom is 0.270 e. The summed E-state index contributed by atoms with van der Waals surface area (Å²) < 4.78 is 33.4. The van der Waals surface area contributed by atoms with Crippen LogP contribution in [0.1, 0.15) is 19.4 Å². The molecule has 2 atom stereocenters. The van der Waals surface area contributed by atoms with Crippen molar-refractivity contribution in [1.29, 1.82) is 0 Å². The molecule has 0 amide bonds. The maximum atomic E-state index is 13.3. The van der Waals surface area contributed by atoms with Gasteiger partial charge in [-0.15, -0.1) is 0 Å². The normalized spacial score (nSPS) is 20.6. The number of non-ortho nitro benzene ring substituents is 1. The number of nitro groups is 1.